The molecule has 1 aliphatic rings. The lowest BCUT2D eigenvalue weighted by molar-refractivity contribution is 0.265. The summed E-state index contributed by atoms with van der Waals surface area (Å²) in [4.78, 5) is 6.75. The first-order valence-electron chi connectivity index (χ1n) is 9.76. The van der Waals surface area contributed by atoms with Crippen molar-refractivity contribution in [2.45, 2.75) is 45.0 Å². The number of hydrogen-bond donors (Lipinski definition) is 2. The van der Waals surface area contributed by atoms with E-state index >= 15 is 0 Å². The first-order valence-corrected chi connectivity index (χ1v) is 11.6. The van der Waals surface area contributed by atoms with E-state index in [9.17, 15) is 8.42 Å². The van der Waals surface area contributed by atoms with Crippen molar-refractivity contribution in [1.82, 2.24) is 15.5 Å². The number of rotatable bonds is 8. The molecule has 6 nitrogen and oxygen atoms in total. The Hall–Kier alpha value is -1.60. The third kappa shape index (κ3) is 7.14. The van der Waals surface area contributed by atoms with Crippen LogP contribution in [-0.2, 0) is 15.6 Å². The highest BCUT2D eigenvalue weighted by atomic mass is 32.2. The lowest BCUT2D eigenvalue weighted by Crippen LogP contribution is -2.47. The van der Waals surface area contributed by atoms with Crippen molar-refractivity contribution in [3.63, 3.8) is 0 Å². The van der Waals surface area contributed by atoms with Crippen LogP contribution in [0.15, 0.2) is 35.3 Å². The van der Waals surface area contributed by atoms with E-state index in [0.29, 0.717) is 31.0 Å². The van der Waals surface area contributed by atoms with Gasteiger partial charge in [0.05, 0.1) is 11.5 Å². The fourth-order valence-electron chi connectivity index (χ4n) is 3.38. The predicted octanol–water partition coefficient (Wildman–Crippen LogP) is 1.89. The van der Waals surface area contributed by atoms with Gasteiger partial charge in [0.25, 0.3) is 0 Å². The van der Waals surface area contributed by atoms with Gasteiger partial charge in [-0.2, -0.15) is 0 Å². The Morgan fingerprint density at radius 1 is 1.26 bits per heavy atom. The van der Waals surface area contributed by atoms with Crippen LogP contribution < -0.4 is 10.6 Å². The van der Waals surface area contributed by atoms with Crippen molar-refractivity contribution in [2.75, 3.05) is 32.4 Å². The van der Waals surface area contributed by atoms with Gasteiger partial charge in [-0.15, -0.1) is 0 Å². The number of benzene rings is 1. The van der Waals surface area contributed by atoms with Crippen LogP contribution >= 0.6 is 0 Å². The molecule has 0 radical (unpaired) electrons. The minimum absolute atomic E-state index is 0.103. The number of aliphatic imine (C=N–C) groups is 1. The lowest BCUT2D eigenvalue weighted by atomic mass is 10.1. The Labute approximate surface area is 164 Å². The largest absolute Gasteiger partial charge is 0.356 e. The molecule has 0 amide bonds. The van der Waals surface area contributed by atoms with Crippen LogP contribution in [0.1, 0.15) is 32.8 Å². The standard InChI is InChI=1S/C20H34N4O2S/c1-16(2)24-13-17(3)19(14-24)23-20(21-4)22-11-8-12-27(25,26)15-18-9-6-5-7-10-18/h5-7,9-10,16-17,19H,8,11-15H2,1-4H3,(H2,21,22,23). The molecule has 0 spiro atoms. The molecular formula is C20H34N4O2S. The maximum absolute atomic E-state index is 12.3. The Balaban J connectivity index is 1.73. The van der Waals surface area contributed by atoms with Gasteiger partial charge in [-0.25, -0.2) is 8.42 Å². The van der Waals surface area contributed by atoms with Gasteiger partial charge in [-0.05, 0) is 31.7 Å². The van der Waals surface area contributed by atoms with Crippen molar-refractivity contribution in [3.8, 4) is 0 Å². The molecule has 1 aliphatic heterocycles. The summed E-state index contributed by atoms with van der Waals surface area (Å²) < 4.78 is 24.5. The molecule has 152 valence electrons. The van der Waals surface area contributed by atoms with E-state index in [1.807, 2.05) is 30.3 Å². The van der Waals surface area contributed by atoms with Crippen LogP contribution in [0.2, 0.25) is 0 Å². The topological polar surface area (TPSA) is 73.8 Å². The van der Waals surface area contributed by atoms with Crippen LogP contribution in [0.4, 0.5) is 0 Å². The highest BCUT2D eigenvalue weighted by molar-refractivity contribution is 7.90. The van der Waals surface area contributed by atoms with Crippen molar-refractivity contribution in [2.24, 2.45) is 10.9 Å². The van der Waals surface area contributed by atoms with E-state index < -0.39 is 9.84 Å². The normalized spacial score (nSPS) is 21.6. The van der Waals surface area contributed by atoms with Crippen molar-refractivity contribution >= 4 is 15.8 Å². The predicted molar refractivity (Wildman–Crippen MR) is 113 cm³/mol. The molecule has 2 rings (SSSR count). The Bertz CT molecular complexity index is 704. The molecular weight excluding hydrogens is 360 g/mol. The van der Waals surface area contributed by atoms with Crippen molar-refractivity contribution in [3.05, 3.63) is 35.9 Å². The molecule has 27 heavy (non-hydrogen) atoms. The molecule has 0 saturated carbocycles. The van der Waals surface area contributed by atoms with E-state index in [1.165, 1.54) is 0 Å². The number of nitrogens with one attached hydrogen (secondary N) is 2. The maximum atomic E-state index is 12.3. The second-order valence-corrected chi connectivity index (χ2v) is 9.89. The van der Waals surface area contributed by atoms with Gasteiger partial charge in [0, 0.05) is 38.8 Å². The van der Waals surface area contributed by atoms with Gasteiger partial charge >= 0.3 is 0 Å². The average molecular weight is 395 g/mol. The summed E-state index contributed by atoms with van der Waals surface area (Å²) in [6.07, 6.45) is 0.564. The zero-order chi connectivity index (χ0) is 19.9. The van der Waals surface area contributed by atoms with Crippen LogP contribution in [-0.4, -0.2) is 63.8 Å². The van der Waals surface area contributed by atoms with Gasteiger partial charge in [-0.3, -0.25) is 9.89 Å². The molecule has 1 aromatic rings. The van der Waals surface area contributed by atoms with Crippen LogP contribution in [0.25, 0.3) is 0 Å². The van der Waals surface area contributed by atoms with Gasteiger partial charge in [0.15, 0.2) is 15.8 Å². The summed E-state index contributed by atoms with van der Waals surface area (Å²) in [5.41, 5.74) is 0.841. The number of likely N-dealkylation sites (tertiary alicyclic amines) is 1. The molecule has 1 heterocycles. The summed E-state index contributed by atoms with van der Waals surface area (Å²) in [7, 11) is -1.34. The Morgan fingerprint density at radius 2 is 1.96 bits per heavy atom. The van der Waals surface area contributed by atoms with E-state index in [2.05, 4.69) is 41.3 Å². The molecule has 7 heteroatoms. The Morgan fingerprint density at radius 3 is 2.56 bits per heavy atom. The minimum Gasteiger partial charge on any atom is -0.356 e. The first-order chi connectivity index (χ1) is 12.8. The number of sulfone groups is 1. The van der Waals surface area contributed by atoms with E-state index in [-0.39, 0.29) is 11.5 Å². The molecule has 1 fully saturated rings. The summed E-state index contributed by atoms with van der Waals surface area (Å²) in [5.74, 6) is 1.58. The summed E-state index contributed by atoms with van der Waals surface area (Å²) in [5, 5.41) is 6.74. The highest BCUT2D eigenvalue weighted by Crippen LogP contribution is 2.18. The van der Waals surface area contributed by atoms with Crippen LogP contribution in [0.3, 0.4) is 0 Å². The quantitative estimate of drug-likeness (QED) is 0.400. The molecule has 0 bridgehead atoms. The second-order valence-electron chi connectivity index (χ2n) is 7.71. The SMILES string of the molecule is CN=C(NCCCS(=O)(=O)Cc1ccccc1)NC1CN(C(C)C)CC1C. The van der Waals surface area contributed by atoms with Gasteiger partial charge < -0.3 is 10.6 Å². The zero-order valence-electron chi connectivity index (χ0n) is 17.0. The smallest absolute Gasteiger partial charge is 0.191 e. The first kappa shape index (κ1) is 21.7. The number of hydrogen-bond acceptors (Lipinski definition) is 4. The van der Waals surface area contributed by atoms with E-state index in [0.717, 1.165) is 24.6 Å². The second kappa shape index (κ2) is 10.1. The fourth-order valence-corrected chi connectivity index (χ4v) is 4.81. The van der Waals surface area contributed by atoms with E-state index in [4.69, 9.17) is 0 Å². The summed E-state index contributed by atoms with van der Waals surface area (Å²) in [6, 6.07) is 10.2. The third-order valence-electron chi connectivity index (χ3n) is 5.07. The molecule has 0 aromatic heterocycles. The van der Waals surface area contributed by atoms with Gasteiger partial charge in [-0.1, -0.05) is 37.3 Å². The molecule has 2 unspecified atom stereocenters. The fraction of sp³-hybridized carbons (Fsp3) is 0.650. The zero-order valence-corrected chi connectivity index (χ0v) is 17.8. The van der Waals surface area contributed by atoms with Gasteiger partial charge in [0.2, 0.25) is 0 Å². The van der Waals surface area contributed by atoms with Crippen molar-refractivity contribution in [1.29, 1.82) is 0 Å². The minimum atomic E-state index is -3.09. The molecule has 1 aromatic carbocycles. The van der Waals surface area contributed by atoms with Gasteiger partial charge in [0.1, 0.15) is 0 Å². The summed E-state index contributed by atoms with van der Waals surface area (Å²) in [6.45, 7) is 9.37. The summed E-state index contributed by atoms with van der Waals surface area (Å²) >= 11 is 0. The number of nitrogens with zero attached hydrogens (tertiary/aromatic N) is 2. The third-order valence-corrected chi connectivity index (χ3v) is 6.75. The highest BCUT2D eigenvalue weighted by Gasteiger charge is 2.31. The maximum Gasteiger partial charge on any atom is 0.191 e. The van der Waals surface area contributed by atoms with Crippen LogP contribution in [0, 0.1) is 5.92 Å². The molecule has 2 atom stereocenters. The Kier molecular flexibility index (Phi) is 8.10. The average Bonchev–Trinajstić information content (AvgIpc) is 2.99. The lowest BCUT2D eigenvalue weighted by Gasteiger charge is -2.22. The number of guanidine groups is 1. The van der Waals surface area contributed by atoms with Crippen molar-refractivity contribution < 1.29 is 8.42 Å². The van der Waals surface area contributed by atoms with E-state index in [1.54, 1.807) is 7.05 Å². The molecule has 0 aliphatic carbocycles. The monoisotopic (exact) mass is 394 g/mol. The molecule has 2 N–H and O–H groups in total. The van der Waals surface area contributed by atoms with Crippen LogP contribution in [0.5, 0.6) is 0 Å². The molecule has 1 saturated heterocycles.